The smallest absolute Gasteiger partial charge is 0.273 e. The first kappa shape index (κ1) is 13.5. The van der Waals surface area contributed by atoms with Crippen molar-refractivity contribution in [2.45, 2.75) is 12.8 Å². The molecule has 19 heavy (non-hydrogen) atoms. The van der Waals surface area contributed by atoms with Crippen LogP contribution in [0.15, 0.2) is 30.3 Å². The Morgan fingerprint density at radius 3 is 2.42 bits per heavy atom. The Balaban J connectivity index is 2.23. The Kier molecular flexibility index (Phi) is 3.85. The third-order valence-electron chi connectivity index (χ3n) is 3.83. The van der Waals surface area contributed by atoms with Gasteiger partial charge < -0.3 is 11.5 Å². The molecule has 4 N–H and O–H groups in total. The SMILES string of the molecule is NC(=O)CC1CC[N+](CC(N)=O)(c2ccccc2)C1. The summed E-state index contributed by atoms with van der Waals surface area (Å²) in [5.74, 6) is -0.363. The number of nitrogens with zero attached hydrogens (tertiary/aromatic N) is 1. The second-order valence-electron chi connectivity index (χ2n) is 5.34. The van der Waals surface area contributed by atoms with Gasteiger partial charge >= 0.3 is 0 Å². The lowest BCUT2D eigenvalue weighted by atomic mass is 10.0. The average molecular weight is 262 g/mol. The summed E-state index contributed by atoms with van der Waals surface area (Å²) >= 11 is 0. The van der Waals surface area contributed by atoms with Crippen molar-refractivity contribution in [3.8, 4) is 0 Å². The lowest BCUT2D eigenvalue weighted by molar-refractivity contribution is -0.119. The molecule has 2 atom stereocenters. The monoisotopic (exact) mass is 262 g/mol. The largest absolute Gasteiger partial charge is 0.370 e. The highest BCUT2D eigenvalue weighted by molar-refractivity contribution is 5.78. The van der Waals surface area contributed by atoms with Gasteiger partial charge in [0, 0.05) is 18.8 Å². The zero-order chi connectivity index (χ0) is 13.9. The van der Waals surface area contributed by atoms with E-state index in [4.69, 9.17) is 11.5 Å². The normalized spacial score (nSPS) is 26.2. The van der Waals surface area contributed by atoms with Crippen molar-refractivity contribution in [2.24, 2.45) is 17.4 Å². The molecule has 0 aromatic heterocycles. The molecule has 2 amide bonds. The summed E-state index contributed by atoms with van der Waals surface area (Å²) in [6.07, 6.45) is 1.27. The number of benzene rings is 1. The molecule has 1 aromatic rings. The van der Waals surface area contributed by atoms with Gasteiger partial charge in [-0.05, 0) is 12.1 Å². The molecule has 102 valence electrons. The maximum Gasteiger partial charge on any atom is 0.273 e. The van der Waals surface area contributed by atoms with Crippen LogP contribution in [0.1, 0.15) is 12.8 Å². The van der Waals surface area contributed by atoms with Crippen LogP contribution in [0.2, 0.25) is 0 Å². The number of para-hydroxylation sites is 1. The van der Waals surface area contributed by atoms with E-state index in [-0.39, 0.29) is 24.3 Å². The number of nitrogens with two attached hydrogens (primary N) is 2. The number of primary amides is 2. The summed E-state index contributed by atoms with van der Waals surface area (Å²) < 4.78 is 0.536. The molecule has 5 heteroatoms. The van der Waals surface area contributed by atoms with E-state index in [1.807, 2.05) is 30.3 Å². The molecule has 0 aliphatic carbocycles. The second kappa shape index (κ2) is 5.40. The summed E-state index contributed by atoms with van der Waals surface area (Å²) in [5, 5.41) is 0. The summed E-state index contributed by atoms with van der Waals surface area (Å²) in [4.78, 5) is 22.4. The minimum atomic E-state index is -0.316. The summed E-state index contributed by atoms with van der Waals surface area (Å²) in [5.41, 5.74) is 11.7. The van der Waals surface area contributed by atoms with Gasteiger partial charge in [0.1, 0.15) is 5.69 Å². The van der Waals surface area contributed by atoms with E-state index in [1.165, 1.54) is 0 Å². The maximum atomic E-state index is 11.4. The summed E-state index contributed by atoms with van der Waals surface area (Å²) in [7, 11) is 0. The molecule has 1 aliphatic rings. The highest BCUT2D eigenvalue weighted by Gasteiger charge is 2.41. The van der Waals surface area contributed by atoms with Gasteiger partial charge in [0.2, 0.25) is 5.91 Å². The molecular weight excluding hydrogens is 242 g/mol. The van der Waals surface area contributed by atoms with Crippen molar-refractivity contribution >= 4 is 17.5 Å². The van der Waals surface area contributed by atoms with Gasteiger partial charge in [-0.3, -0.25) is 14.1 Å². The average Bonchev–Trinajstić information content (AvgIpc) is 2.73. The maximum absolute atomic E-state index is 11.4. The van der Waals surface area contributed by atoms with Crippen molar-refractivity contribution in [3.63, 3.8) is 0 Å². The molecule has 5 nitrogen and oxygen atoms in total. The number of carbonyl (C=O) groups excluding carboxylic acids is 2. The second-order valence-corrected chi connectivity index (χ2v) is 5.34. The summed E-state index contributed by atoms with van der Waals surface area (Å²) in [6, 6.07) is 9.88. The minimum absolute atomic E-state index is 0.233. The van der Waals surface area contributed by atoms with Gasteiger partial charge in [0.25, 0.3) is 5.91 Å². The van der Waals surface area contributed by atoms with Gasteiger partial charge in [-0.2, -0.15) is 0 Å². The van der Waals surface area contributed by atoms with Crippen LogP contribution in [0.4, 0.5) is 5.69 Å². The van der Waals surface area contributed by atoms with E-state index >= 15 is 0 Å². The molecule has 1 aliphatic heterocycles. The number of rotatable bonds is 5. The fraction of sp³-hybridized carbons (Fsp3) is 0.429. The molecule has 0 spiro atoms. The zero-order valence-electron chi connectivity index (χ0n) is 10.9. The topological polar surface area (TPSA) is 86.2 Å². The van der Waals surface area contributed by atoms with Crippen molar-refractivity contribution in [2.75, 3.05) is 19.6 Å². The number of carbonyl (C=O) groups is 2. The lowest BCUT2D eigenvalue weighted by Gasteiger charge is -2.33. The van der Waals surface area contributed by atoms with Crippen molar-refractivity contribution in [3.05, 3.63) is 30.3 Å². The molecule has 1 heterocycles. The van der Waals surface area contributed by atoms with Crippen LogP contribution >= 0.6 is 0 Å². The van der Waals surface area contributed by atoms with Gasteiger partial charge in [-0.15, -0.1) is 0 Å². The predicted molar refractivity (Wildman–Crippen MR) is 73.9 cm³/mol. The summed E-state index contributed by atoms with van der Waals surface area (Å²) in [6.45, 7) is 1.85. The molecule has 0 radical (unpaired) electrons. The fourth-order valence-electron chi connectivity index (χ4n) is 3.07. The minimum Gasteiger partial charge on any atom is -0.370 e. The van der Waals surface area contributed by atoms with Crippen LogP contribution < -0.4 is 16.0 Å². The van der Waals surface area contributed by atoms with Crippen LogP contribution in [0.5, 0.6) is 0 Å². The first-order valence-corrected chi connectivity index (χ1v) is 6.50. The molecule has 2 unspecified atom stereocenters. The lowest BCUT2D eigenvalue weighted by Crippen LogP contribution is -2.52. The van der Waals surface area contributed by atoms with Crippen LogP contribution in [0.3, 0.4) is 0 Å². The van der Waals surface area contributed by atoms with E-state index < -0.39 is 0 Å². The Hall–Kier alpha value is -1.88. The number of hydrogen-bond donors (Lipinski definition) is 2. The Morgan fingerprint density at radius 1 is 1.16 bits per heavy atom. The van der Waals surface area contributed by atoms with Gasteiger partial charge in [0.05, 0.1) is 13.1 Å². The van der Waals surface area contributed by atoms with Gasteiger partial charge in [-0.25, -0.2) is 0 Å². The first-order valence-electron chi connectivity index (χ1n) is 6.50. The van der Waals surface area contributed by atoms with E-state index in [1.54, 1.807) is 0 Å². The highest BCUT2D eigenvalue weighted by atomic mass is 16.1. The number of amides is 2. The van der Waals surface area contributed by atoms with Crippen LogP contribution in [-0.4, -0.2) is 31.4 Å². The van der Waals surface area contributed by atoms with Crippen LogP contribution in [0, 0.1) is 5.92 Å². The van der Waals surface area contributed by atoms with Crippen LogP contribution in [0.25, 0.3) is 0 Å². The number of hydrogen-bond acceptors (Lipinski definition) is 2. The molecular formula is C14H20N3O2+. The van der Waals surface area contributed by atoms with Crippen LogP contribution in [-0.2, 0) is 9.59 Å². The Morgan fingerprint density at radius 2 is 1.84 bits per heavy atom. The predicted octanol–water partition coefficient (Wildman–Crippen LogP) is 0.374. The van der Waals surface area contributed by atoms with Gasteiger partial charge in [0.15, 0.2) is 6.54 Å². The third kappa shape index (κ3) is 3.12. The molecule has 1 saturated heterocycles. The zero-order valence-corrected chi connectivity index (χ0v) is 10.9. The van der Waals surface area contributed by atoms with Gasteiger partial charge in [-0.1, -0.05) is 18.2 Å². The van der Waals surface area contributed by atoms with Crippen molar-refractivity contribution in [1.29, 1.82) is 0 Å². The standard InChI is InChI=1S/C14H19N3O2/c15-13(18)8-11-6-7-17(9-11,10-14(16)19)12-4-2-1-3-5-12/h1-5,11H,6-10H2,(H3-,15,16,18,19)/p+1. The first-order chi connectivity index (χ1) is 9.02. The fourth-order valence-corrected chi connectivity index (χ4v) is 3.07. The number of likely N-dealkylation sites (tertiary alicyclic amines) is 1. The molecule has 2 rings (SSSR count). The Bertz CT molecular complexity index is 475. The van der Waals surface area contributed by atoms with Crippen molar-refractivity contribution in [1.82, 2.24) is 4.48 Å². The third-order valence-corrected chi connectivity index (χ3v) is 3.83. The van der Waals surface area contributed by atoms with E-state index in [0.29, 0.717) is 10.9 Å². The molecule has 1 aromatic carbocycles. The molecule has 0 saturated carbocycles. The van der Waals surface area contributed by atoms with Crippen molar-refractivity contribution < 1.29 is 9.59 Å². The Labute approximate surface area is 112 Å². The number of quaternary nitrogens is 1. The quantitative estimate of drug-likeness (QED) is 0.751. The van der Waals surface area contributed by atoms with E-state index in [9.17, 15) is 9.59 Å². The molecule has 1 fully saturated rings. The molecule has 0 bridgehead atoms. The highest BCUT2D eigenvalue weighted by Crippen LogP contribution is 2.33. The van der Waals surface area contributed by atoms with E-state index in [2.05, 4.69) is 0 Å². The van der Waals surface area contributed by atoms with E-state index in [0.717, 1.165) is 25.2 Å².